The van der Waals surface area contributed by atoms with E-state index in [1.807, 2.05) is 0 Å². The average molecular weight is 224 g/mol. The third kappa shape index (κ3) is 1.20. The van der Waals surface area contributed by atoms with Gasteiger partial charge in [0, 0.05) is 5.56 Å². The fraction of sp³-hybridized carbons (Fsp3) is 0.100. The minimum absolute atomic E-state index is 0.0832. The van der Waals surface area contributed by atoms with Gasteiger partial charge in [-0.3, -0.25) is 0 Å². The second-order valence-electron chi connectivity index (χ2n) is 3.24. The quantitative estimate of drug-likeness (QED) is 0.780. The Balaban J connectivity index is 2.89. The molecule has 78 valence electrons. The molecule has 4 nitrogen and oxygen atoms in total. The maximum absolute atomic E-state index is 11.8. The van der Waals surface area contributed by atoms with Gasteiger partial charge in [-0.05, 0) is 13.0 Å². The maximum Gasteiger partial charge on any atom is 0.337 e. The Kier molecular flexibility index (Phi) is 1.94. The Hall–Kier alpha value is -1.62. The molecule has 0 aliphatic carbocycles. The molecule has 0 radical (unpaired) electrons. The van der Waals surface area contributed by atoms with E-state index in [1.165, 1.54) is 19.1 Å². The van der Waals surface area contributed by atoms with Gasteiger partial charge < -0.3 is 5.11 Å². The maximum atomic E-state index is 11.8. The van der Waals surface area contributed by atoms with Gasteiger partial charge in [0.2, 0.25) is 9.84 Å². The van der Waals surface area contributed by atoms with Crippen LogP contribution in [-0.4, -0.2) is 19.5 Å². The molecule has 1 aromatic rings. The largest absolute Gasteiger partial charge is 0.478 e. The molecule has 15 heavy (non-hydrogen) atoms. The number of carboxylic acid groups (broad SMARTS) is 1. The SMILES string of the molecule is CC1=C(C(=O)O)c2ccccc2S1(=O)=O. The van der Waals surface area contributed by atoms with E-state index in [0.29, 0.717) is 0 Å². The van der Waals surface area contributed by atoms with Crippen LogP contribution in [0, 0.1) is 0 Å². The van der Waals surface area contributed by atoms with Crippen LogP contribution in [0.2, 0.25) is 0 Å². The van der Waals surface area contributed by atoms with Gasteiger partial charge in [-0.25, -0.2) is 13.2 Å². The first-order valence-corrected chi connectivity index (χ1v) is 5.73. The predicted molar refractivity (Wildman–Crippen MR) is 53.9 cm³/mol. The molecular formula is C10H8O4S. The standard InChI is InChI=1S/C10H8O4S/c1-6-9(10(11)12)7-4-2-3-5-8(7)15(6,13)14/h2-5H,1H3,(H,11,12). The topological polar surface area (TPSA) is 71.4 Å². The molecule has 0 spiro atoms. The Morgan fingerprint density at radius 1 is 1.27 bits per heavy atom. The number of hydrogen-bond donors (Lipinski definition) is 1. The molecule has 1 aliphatic heterocycles. The molecule has 1 N–H and O–H groups in total. The van der Waals surface area contributed by atoms with Crippen molar-refractivity contribution in [2.45, 2.75) is 11.8 Å². The normalized spacial score (nSPS) is 17.7. The number of hydrogen-bond acceptors (Lipinski definition) is 3. The monoisotopic (exact) mass is 224 g/mol. The second kappa shape index (κ2) is 2.93. The Morgan fingerprint density at radius 2 is 1.87 bits per heavy atom. The summed E-state index contributed by atoms with van der Waals surface area (Å²) in [6.07, 6.45) is 0. The van der Waals surface area contributed by atoms with Gasteiger partial charge in [-0.1, -0.05) is 18.2 Å². The van der Waals surface area contributed by atoms with Crippen molar-refractivity contribution in [1.29, 1.82) is 0 Å². The smallest absolute Gasteiger partial charge is 0.337 e. The minimum Gasteiger partial charge on any atom is -0.478 e. The van der Waals surface area contributed by atoms with Crippen molar-refractivity contribution in [3.63, 3.8) is 0 Å². The minimum atomic E-state index is -3.58. The van der Waals surface area contributed by atoms with Crippen LogP contribution >= 0.6 is 0 Å². The number of rotatable bonds is 1. The summed E-state index contributed by atoms with van der Waals surface area (Å²) < 4.78 is 23.6. The summed E-state index contributed by atoms with van der Waals surface area (Å²) >= 11 is 0. The first-order valence-electron chi connectivity index (χ1n) is 4.25. The summed E-state index contributed by atoms with van der Waals surface area (Å²) in [6.45, 7) is 1.32. The van der Waals surface area contributed by atoms with Gasteiger partial charge in [-0.2, -0.15) is 0 Å². The van der Waals surface area contributed by atoms with Gasteiger partial charge in [0.25, 0.3) is 0 Å². The summed E-state index contributed by atoms with van der Waals surface area (Å²) in [7, 11) is -3.58. The summed E-state index contributed by atoms with van der Waals surface area (Å²) in [5.74, 6) is -1.21. The van der Waals surface area contributed by atoms with Crippen LogP contribution in [0.1, 0.15) is 12.5 Å². The van der Waals surface area contributed by atoms with E-state index in [1.54, 1.807) is 12.1 Å². The van der Waals surface area contributed by atoms with Crippen LogP contribution in [0.15, 0.2) is 34.1 Å². The number of fused-ring (bicyclic) bond motifs is 1. The van der Waals surface area contributed by atoms with Crippen molar-refractivity contribution in [3.8, 4) is 0 Å². The van der Waals surface area contributed by atoms with Gasteiger partial charge in [0.15, 0.2) is 0 Å². The fourth-order valence-electron chi connectivity index (χ4n) is 1.66. The van der Waals surface area contributed by atoms with Crippen LogP contribution in [0.3, 0.4) is 0 Å². The van der Waals surface area contributed by atoms with Crippen LogP contribution in [0.25, 0.3) is 5.57 Å². The molecule has 0 aromatic heterocycles. The molecule has 1 heterocycles. The molecular weight excluding hydrogens is 216 g/mol. The van der Waals surface area contributed by atoms with E-state index in [4.69, 9.17) is 5.11 Å². The Labute approximate surface area is 86.8 Å². The molecule has 0 atom stereocenters. The number of sulfone groups is 1. The highest BCUT2D eigenvalue weighted by Gasteiger charge is 2.35. The van der Waals surface area contributed by atoms with E-state index < -0.39 is 15.8 Å². The molecule has 1 aromatic carbocycles. The van der Waals surface area contributed by atoms with E-state index >= 15 is 0 Å². The lowest BCUT2D eigenvalue weighted by molar-refractivity contribution is -0.130. The van der Waals surface area contributed by atoms with Crippen LogP contribution in [-0.2, 0) is 14.6 Å². The van der Waals surface area contributed by atoms with Crippen molar-refractivity contribution in [2.24, 2.45) is 0 Å². The van der Waals surface area contributed by atoms with E-state index in [-0.39, 0.29) is 20.9 Å². The third-order valence-electron chi connectivity index (χ3n) is 2.41. The average Bonchev–Trinajstić information content (AvgIpc) is 2.36. The van der Waals surface area contributed by atoms with Crippen molar-refractivity contribution >= 4 is 21.4 Å². The van der Waals surface area contributed by atoms with E-state index in [9.17, 15) is 13.2 Å². The Bertz CT molecular complexity index is 581. The van der Waals surface area contributed by atoms with Crippen LogP contribution < -0.4 is 0 Å². The molecule has 2 rings (SSSR count). The first-order chi connectivity index (χ1) is 6.96. The predicted octanol–water partition coefficient (Wildman–Crippen LogP) is 1.29. The molecule has 0 amide bonds. The Morgan fingerprint density at radius 3 is 2.47 bits per heavy atom. The zero-order valence-corrected chi connectivity index (χ0v) is 8.71. The van der Waals surface area contributed by atoms with Gasteiger partial charge in [0.1, 0.15) is 0 Å². The lowest BCUT2D eigenvalue weighted by atomic mass is 10.1. The molecule has 0 bridgehead atoms. The molecule has 0 fully saturated rings. The number of allylic oxidation sites excluding steroid dienone is 1. The number of carbonyl (C=O) groups is 1. The number of aliphatic carboxylic acids is 1. The summed E-state index contributed by atoms with van der Waals surface area (Å²) in [6, 6.07) is 6.13. The molecule has 0 saturated heterocycles. The second-order valence-corrected chi connectivity index (χ2v) is 5.30. The molecule has 5 heteroatoms. The van der Waals surface area contributed by atoms with Crippen molar-refractivity contribution < 1.29 is 18.3 Å². The van der Waals surface area contributed by atoms with Crippen LogP contribution in [0.4, 0.5) is 0 Å². The summed E-state index contributed by atoms with van der Waals surface area (Å²) in [5.41, 5.74) is 0.160. The van der Waals surface area contributed by atoms with Crippen LogP contribution in [0.5, 0.6) is 0 Å². The molecule has 0 saturated carbocycles. The first kappa shape index (κ1) is 9.92. The van der Waals surface area contributed by atoms with Crippen molar-refractivity contribution in [3.05, 3.63) is 34.7 Å². The van der Waals surface area contributed by atoms with Gasteiger partial charge in [-0.15, -0.1) is 0 Å². The summed E-state index contributed by atoms with van der Waals surface area (Å²) in [4.78, 5) is 10.9. The lowest BCUT2D eigenvalue weighted by Crippen LogP contribution is -2.00. The number of carboxylic acids is 1. The zero-order valence-electron chi connectivity index (χ0n) is 7.89. The molecule has 0 unspecified atom stereocenters. The highest BCUT2D eigenvalue weighted by atomic mass is 32.2. The zero-order chi connectivity index (χ0) is 11.2. The van der Waals surface area contributed by atoms with Crippen molar-refractivity contribution in [2.75, 3.05) is 0 Å². The van der Waals surface area contributed by atoms with E-state index in [2.05, 4.69) is 0 Å². The highest BCUT2D eigenvalue weighted by molar-refractivity contribution is 7.96. The number of benzene rings is 1. The van der Waals surface area contributed by atoms with Gasteiger partial charge >= 0.3 is 5.97 Å². The lowest BCUT2D eigenvalue weighted by Gasteiger charge is -1.97. The van der Waals surface area contributed by atoms with Gasteiger partial charge in [0.05, 0.1) is 15.4 Å². The molecule has 1 aliphatic rings. The third-order valence-corrected chi connectivity index (χ3v) is 4.36. The fourth-order valence-corrected chi connectivity index (χ4v) is 3.18. The van der Waals surface area contributed by atoms with Crippen molar-refractivity contribution in [1.82, 2.24) is 0 Å². The van der Waals surface area contributed by atoms with E-state index in [0.717, 1.165) is 0 Å². The highest BCUT2D eigenvalue weighted by Crippen LogP contribution is 2.38. The summed E-state index contributed by atoms with van der Waals surface area (Å²) in [5, 5.41) is 8.94.